The van der Waals surface area contributed by atoms with Crippen LogP contribution in [0.25, 0.3) is 0 Å². The highest BCUT2D eigenvalue weighted by molar-refractivity contribution is 7.89. The van der Waals surface area contributed by atoms with E-state index in [4.69, 9.17) is 11.6 Å². The zero-order chi connectivity index (χ0) is 22.6. The maximum absolute atomic E-state index is 13.2. The number of hydrogen-bond donors (Lipinski definition) is 1. The van der Waals surface area contributed by atoms with Crippen molar-refractivity contribution in [3.05, 3.63) is 101 Å². The van der Waals surface area contributed by atoms with Crippen molar-refractivity contribution in [3.8, 4) is 0 Å². The molecule has 5 nitrogen and oxygen atoms in total. The van der Waals surface area contributed by atoms with Gasteiger partial charge in [-0.05, 0) is 48.2 Å². The van der Waals surface area contributed by atoms with Gasteiger partial charge in [-0.25, -0.2) is 8.42 Å². The lowest BCUT2D eigenvalue weighted by atomic mass is 9.94. The lowest BCUT2D eigenvalue weighted by Gasteiger charge is -2.31. The van der Waals surface area contributed by atoms with Crippen molar-refractivity contribution >= 4 is 27.5 Å². The van der Waals surface area contributed by atoms with Crippen LogP contribution in [0.4, 0.5) is 0 Å². The molecule has 1 amide bonds. The summed E-state index contributed by atoms with van der Waals surface area (Å²) in [5.74, 6) is -0.321. The Balaban J connectivity index is 1.46. The Labute approximate surface area is 194 Å². The van der Waals surface area contributed by atoms with E-state index in [1.54, 1.807) is 36.4 Å². The van der Waals surface area contributed by atoms with Crippen molar-refractivity contribution in [2.75, 3.05) is 13.1 Å². The van der Waals surface area contributed by atoms with E-state index in [-0.39, 0.29) is 22.8 Å². The van der Waals surface area contributed by atoms with Crippen molar-refractivity contribution < 1.29 is 13.2 Å². The summed E-state index contributed by atoms with van der Waals surface area (Å²) in [7, 11) is -3.54. The highest BCUT2D eigenvalue weighted by Gasteiger charge is 2.33. The zero-order valence-electron chi connectivity index (χ0n) is 17.5. The molecule has 1 atom stereocenters. The molecule has 0 bridgehead atoms. The van der Waals surface area contributed by atoms with Gasteiger partial charge < -0.3 is 5.32 Å². The van der Waals surface area contributed by atoms with E-state index in [1.165, 1.54) is 4.31 Å². The van der Waals surface area contributed by atoms with Crippen molar-refractivity contribution in [2.24, 2.45) is 5.92 Å². The van der Waals surface area contributed by atoms with E-state index in [0.717, 1.165) is 11.1 Å². The fourth-order valence-corrected chi connectivity index (χ4v) is 5.74. The Kier molecular flexibility index (Phi) is 6.94. The molecule has 4 rings (SSSR count). The molecule has 166 valence electrons. The van der Waals surface area contributed by atoms with E-state index in [0.29, 0.717) is 31.0 Å². The number of rotatable bonds is 6. The Morgan fingerprint density at radius 3 is 2.09 bits per heavy atom. The first kappa shape index (κ1) is 22.5. The molecule has 0 aliphatic carbocycles. The Bertz CT molecular complexity index is 1160. The fraction of sp³-hybridized carbons (Fsp3) is 0.240. The highest BCUT2D eigenvalue weighted by Crippen LogP contribution is 2.28. The van der Waals surface area contributed by atoms with Gasteiger partial charge in [-0.1, -0.05) is 72.3 Å². The molecule has 3 aromatic rings. The van der Waals surface area contributed by atoms with Crippen LogP contribution in [0.1, 0.15) is 30.0 Å². The first-order valence-corrected chi connectivity index (χ1v) is 12.4. The molecule has 7 heteroatoms. The maximum Gasteiger partial charge on any atom is 0.243 e. The average Bonchev–Trinajstić information content (AvgIpc) is 2.83. The van der Waals surface area contributed by atoms with Gasteiger partial charge in [0.2, 0.25) is 15.9 Å². The molecule has 1 heterocycles. The van der Waals surface area contributed by atoms with Gasteiger partial charge in [-0.15, -0.1) is 0 Å². The van der Waals surface area contributed by atoms with Crippen LogP contribution in [0.3, 0.4) is 0 Å². The van der Waals surface area contributed by atoms with E-state index in [9.17, 15) is 13.2 Å². The molecule has 1 N–H and O–H groups in total. The van der Waals surface area contributed by atoms with Gasteiger partial charge in [0.05, 0.1) is 10.9 Å². The summed E-state index contributed by atoms with van der Waals surface area (Å²) in [5.41, 5.74) is 1.87. The van der Waals surface area contributed by atoms with E-state index in [1.807, 2.05) is 48.5 Å². The minimum atomic E-state index is -3.54. The van der Waals surface area contributed by atoms with E-state index < -0.39 is 10.0 Å². The summed E-state index contributed by atoms with van der Waals surface area (Å²) in [5, 5.41) is 3.77. The van der Waals surface area contributed by atoms with Crippen LogP contribution < -0.4 is 5.32 Å². The van der Waals surface area contributed by atoms with Gasteiger partial charge >= 0.3 is 0 Å². The molecule has 1 unspecified atom stereocenters. The second kappa shape index (κ2) is 9.86. The second-order valence-electron chi connectivity index (χ2n) is 7.90. The van der Waals surface area contributed by atoms with Gasteiger partial charge in [0.25, 0.3) is 0 Å². The number of piperidine rings is 1. The monoisotopic (exact) mass is 468 g/mol. The number of hydrogen-bond acceptors (Lipinski definition) is 3. The molecule has 0 aromatic heterocycles. The maximum atomic E-state index is 13.2. The number of carbonyl (C=O) groups is 1. The average molecular weight is 469 g/mol. The SMILES string of the molecule is O=C(NC(c1ccccc1)c1cccc(Cl)c1)C1CCN(S(=O)(=O)c2ccccc2)CC1. The van der Waals surface area contributed by atoms with Crippen LogP contribution in [0.5, 0.6) is 0 Å². The molecule has 1 aliphatic heterocycles. The summed E-state index contributed by atoms with van der Waals surface area (Å²) < 4.78 is 27.2. The van der Waals surface area contributed by atoms with Gasteiger partial charge in [0.15, 0.2) is 0 Å². The molecular weight excluding hydrogens is 444 g/mol. The number of carbonyl (C=O) groups excluding carboxylic acids is 1. The molecule has 0 saturated carbocycles. The van der Waals surface area contributed by atoms with Crippen LogP contribution in [-0.2, 0) is 14.8 Å². The van der Waals surface area contributed by atoms with Crippen molar-refractivity contribution in [1.82, 2.24) is 9.62 Å². The third kappa shape index (κ3) is 5.04. The number of amides is 1. The van der Waals surface area contributed by atoms with Gasteiger partial charge in [0, 0.05) is 24.0 Å². The highest BCUT2D eigenvalue weighted by atomic mass is 35.5. The van der Waals surface area contributed by atoms with Crippen molar-refractivity contribution in [1.29, 1.82) is 0 Å². The topological polar surface area (TPSA) is 66.5 Å². The normalized spacial score (nSPS) is 16.4. The Hall–Kier alpha value is -2.67. The molecule has 0 spiro atoms. The van der Waals surface area contributed by atoms with Gasteiger partial charge in [-0.3, -0.25) is 4.79 Å². The number of nitrogens with one attached hydrogen (secondary N) is 1. The number of sulfonamides is 1. The lowest BCUT2D eigenvalue weighted by Crippen LogP contribution is -2.43. The van der Waals surface area contributed by atoms with Crippen LogP contribution in [0, 0.1) is 5.92 Å². The number of nitrogens with zero attached hydrogens (tertiary/aromatic N) is 1. The molecule has 3 aromatic carbocycles. The lowest BCUT2D eigenvalue weighted by molar-refractivity contribution is -0.126. The third-order valence-electron chi connectivity index (χ3n) is 5.81. The van der Waals surface area contributed by atoms with Crippen molar-refractivity contribution in [2.45, 2.75) is 23.8 Å². The van der Waals surface area contributed by atoms with Gasteiger partial charge in [0.1, 0.15) is 0 Å². The fourth-order valence-electron chi connectivity index (χ4n) is 4.05. The second-order valence-corrected chi connectivity index (χ2v) is 10.3. The van der Waals surface area contributed by atoms with Gasteiger partial charge in [-0.2, -0.15) is 4.31 Å². The smallest absolute Gasteiger partial charge is 0.243 e. The summed E-state index contributed by atoms with van der Waals surface area (Å²) in [4.78, 5) is 13.4. The zero-order valence-corrected chi connectivity index (χ0v) is 19.1. The van der Waals surface area contributed by atoms with Crippen LogP contribution in [0.2, 0.25) is 5.02 Å². The molecular formula is C25H25ClN2O3S. The largest absolute Gasteiger partial charge is 0.345 e. The minimum absolute atomic E-state index is 0.0735. The van der Waals surface area contributed by atoms with Crippen LogP contribution in [-0.4, -0.2) is 31.7 Å². The Morgan fingerprint density at radius 2 is 1.47 bits per heavy atom. The summed E-state index contributed by atoms with van der Waals surface area (Å²) in [6.07, 6.45) is 0.962. The van der Waals surface area contributed by atoms with Crippen LogP contribution in [0.15, 0.2) is 89.8 Å². The molecule has 1 aliphatic rings. The molecule has 1 saturated heterocycles. The van der Waals surface area contributed by atoms with E-state index >= 15 is 0 Å². The minimum Gasteiger partial charge on any atom is -0.345 e. The first-order chi connectivity index (χ1) is 15.4. The molecule has 32 heavy (non-hydrogen) atoms. The summed E-state index contributed by atoms with van der Waals surface area (Å²) >= 11 is 6.20. The van der Waals surface area contributed by atoms with Crippen LogP contribution >= 0.6 is 11.6 Å². The quantitative estimate of drug-likeness (QED) is 0.572. The third-order valence-corrected chi connectivity index (χ3v) is 7.96. The summed E-state index contributed by atoms with van der Waals surface area (Å²) in [6, 6.07) is 25.3. The number of benzene rings is 3. The molecule has 1 fully saturated rings. The first-order valence-electron chi connectivity index (χ1n) is 10.6. The van der Waals surface area contributed by atoms with E-state index in [2.05, 4.69) is 5.32 Å². The summed E-state index contributed by atoms with van der Waals surface area (Å²) in [6.45, 7) is 0.644. The Morgan fingerprint density at radius 1 is 0.875 bits per heavy atom. The van der Waals surface area contributed by atoms with Crippen molar-refractivity contribution in [3.63, 3.8) is 0 Å². The predicted molar refractivity (Wildman–Crippen MR) is 126 cm³/mol. The number of halogens is 1. The predicted octanol–water partition coefficient (Wildman–Crippen LogP) is 4.65. The molecule has 0 radical (unpaired) electrons. The standard InChI is InChI=1S/C25H25ClN2O3S/c26-22-11-7-10-21(18-22)24(19-8-3-1-4-9-19)27-25(29)20-14-16-28(17-15-20)32(30,31)23-12-5-2-6-13-23/h1-13,18,20,24H,14-17H2,(H,27,29).